The van der Waals surface area contributed by atoms with E-state index in [1.807, 2.05) is 0 Å². The van der Waals surface area contributed by atoms with E-state index in [-0.39, 0.29) is 32.7 Å². The van der Waals surface area contributed by atoms with E-state index in [4.69, 9.17) is 0 Å². The Bertz CT molecular complexity index is 79.6. The van der Waals surface area contributed by atoms with Crippen molar-refractivity contribution in [2.45, 2.75) is 44.6 Å². The molecule has 0 unspecified atom stereocenters. The summed E-state index contributed by atoms with van der Waals surface area (Å²) in [6, 6.07) is 0.815. The first-order chi connectivity index (χ1) is 4.93. The maximum Gasteiger partial charge on any atom is 3.00 e. The SMILES string of the molecule is [CH2-]CCNC1CCCCC1.[Y+3]. The van der Waals surface area contributed by atoms with Crippen LogP contribution < -0.4 is 5.32 Å². The van der Waals surface area contributed by atoms with Gasteiger partial charge < -0.3 is 12.2 Å². The molecule has 0 aliphatic heterocycles. The Labute approximate surface area is 95.6 Å². The molecule has 0 saturated heterocycles. The van der Waals surface area contributed by atoms with Crippen molar-refractivity contribution in [3.63, 3.8) is 0 Å². The second-order valence-electron chi connectivity index (χ2n) is 3.14. The summed E-state index contributed by atoms with van der Waals surface area (Å²) in [4.78, 5) is 0. The van der Waals surface area contributed by atoms with E-state index < -0.39 is 0 Å². The minimum absolute atomic E-state index is 0. The van der Waals surface area contributed by atoms with Crippen molar-refractivity contribution in [1.82, 2.24) is 5.32 Å². The average molecular weight is 229 g/mol. The van der Waals surface area contributed by atoms with Crippen molar-refractivity contribution in [3.8, 4) is 0 Å². The van der Waals surface area contributed by atoms with Gasteiger partial charge in [-0.25, -0.2) is 0 Å². The molecule has 0 amide bonds. The van der Waals surface area contributed by atoms with Crippen LogP contribution in [0.4, 0.5) is 0 Å². The molecule has 1 saturated carbocycles. The Kier molecular flexibility index (Phi) is 8.44. The molecule has 1 nitrogen and oxygen atoms in total. The van der Waals surface area contributed by atoms with E-state index in [2.05, 4.69) is 12.2 Å². The second kappa shape index (κ2) is 7.70. The van der Waals surface area contributed by atoms with Gasteiger partial charge in [0.1, 0.15) is 0 Å². The summed E-state index contributed by atoms with van der Waals surface area (Å²) in [5.41, 5.74) is 0. The first-order valence-corrected chi connectivity index (χ1v) is 4.46. The first kappa shape index (κ1) is 12.1. The smallest absolute Gasteiger partial charge is 0.342 e. The normalized spacial score (nSPS) is 19.4. The van der Waals surface area contributed by atoms with Crippen LogP contribution in [-0.2, 0) is 32.7 Å². The van der Waals surface area contributed by atoms with Crippen LogP contribution in [-0.4, -0.2) is 12.6 Å². The molecule has 11 heavy (non-hydrogen) atoms. The number of rotatable bonds is 3. The fourth-order valence-corrected chi connectivity index (χ4v) is 1.61. The molecule has 0 aromatic heterocycles. The summed E-state index contributed by atoms with van der Waals surface area (Å²) in [6.45, 7) is 4.91. The van der Waals surface area contributed by atoms with Crippen LogP contribution in [0.3, 0.4) is 0 Å². The molecule has 0 spiro atoms. The number of nitrogens with one attached hydrogen (secondary N) is 1. The summed E-state index contributed by atoms with van der Waals surface area (Å²) in [6.07, 6.45) is 8.10. The van der Waals surface area contributed by atoms with Gasteiger partial charge in [0.25, 0.3) is 0 Å². The molecule has 60 valence electrons. The van der Waals surface area contributed by atoms with Crippen molar-refractivity contribution in [1.29, 1.82) is 0 Å². The standard InChI is InChI=1S/C9H18N.Y/c1-2-8-10-9-6-4-3-5-7-9;/h9-10H,1-8H2;/q-1;+3. The molecule has 0 heterocycles. The minimum atomic E-state index is 0. The van der Waals surface area contributed by atoms with Gasteiger partial charge in [0.05, 0.1) is 0 Å². The van der Waals surface area contributed by atoms with Crippen LogP contribution in [0.25, 0.3) is 0 Å². The van der Waals surface area contributed by atoms with E-state index in [9.17, 15) is 0 Å². The third kappa shape index (κ3) is 5.33. The van der Waals surface area contributed by atoms with Crippen LogP contribution in [0, 0.1) is 6.92 Å². The molecular weight excluding hydrogens is 211 g/mol. The third-order valence-electron chi connectivity index (χ3n) is 2.21. The Balaban J connectivity index is 0.000001000. The summed E-state index contributed by atoms with van der Waals surface area (Å²) < 4.78 is 0. The fourth-order valence-electron chi connectivity index (χ4n) is 1.61. The molecule has 0 aromatic rings. The summed E-state index contributed by atoms with van der Waals surface area (Å²) in [5.74, 6) is 0. The monoisotopic (exact) mass is 229 g/mol. The van der Waals surface area contributed by atoms with Crippen molar-refractivity contribution < 1.29 is 32.7 Å². The first-order valence-electron chi connectivity index (χ1n) is 4.46. The predicted octanol–water partition coefficient (Wildman–Crippen LogP) is 2.13. The van der Waals surface area contributed by atoms with E-state index in [0.29, 0.717) is 0 Å². The Morgan fingerprint density at radius 2 is 1.82 bits per heavy atom. The molecule has 1 N–H and O–H groups in total. The van der Waals surface area contributed by atoms with E-state index in [1.165, 1.54) is 32.1 Å². The molecule has 0 atom stereocenters. The maximum absolute atomic E-state index is 3.81. The van der Waals surface area contributed by atoms with Crippen molar-refractivity contribution in [3.05, 3.63) is 6.92 Å². The van der Waals surface area contributed by atoms with Gasteiger partial charge in [-0.3, -0.25) is 0 Å². The quantitative estimate of drug-likeness (QED) is 0.731. The van der Waals surface area contributed by atoms with Crippen LogP contribution in [0.5, 0.6) is 0 Å². The topological polar surface area (TPSA) is 12.0 Å². The molecule has 2 heteroatoms. The van der Waals surface area contributed by atoms with E-state index >= 15 is 0 Å². The minimum Gasteiger partial charge on any atom is -0.342 e. The zero-order valence-corrected chi connectivity index (χ0v) is 10.1. The van der Waals surface area contributed by atoms with Crippen molar-refractivity contribution in [2.75, 3.05) is 6.54 Å². The third-order valence-corrected chi connectivity index (χ3v) is 2.21. The molecule has 1 rings (SSSR count). The number of hydrogen-bond donors (Lipinski definition) is 1. The van der Waals surface area contributed by atoms with E-state index in [1.54, 1.807) is 0 Å². The second-order valence-corrected chi connectivity index (χ2v) is 3.14. The average Bonchev–Trinajstić information content (AvgIpc) is 2.03. The molecular formula is C9H18NY+2. The molecule has 1 aliphatic carbocycles. The van der Waals surface area contributed by atoms with E-state index in [0.717, 1.165) is 19.0 Å². The van der Waals surface area contributed by atoms with Crippen molar-refractivity contribution in [2.24, 2.45) is 0 Å². The Morgan fingerprint density at radius 3 is 2.36 bits per heavy atom. The molecule has 0 radical (unpaired) electrons. The summed E-state index contributed by atoms with van der Waals surface area (Å²) in [7, 11) is 0. The van der Waals surface area contributed by atoms with Gasteiger partial charge in [-0.2, -0.15) is 6.42 Å². The molecule has 1 aliphatic rings. The Morgan fingerprint density at radius 1 is 1.18 bits per heavy atom. The van der Waals surface area contributed by atoms with Gasteiger partial charge in [-0.05, 0) is 19.4 Å². The molecule has 0 bridgehead atoms. The zero-order chi connectivity index (χ0) is 7.23. The maximum atomic E-state index is 3.81. The summed E-state index contributed by atoms with van der Waals surface area (Å²) >= 11 is 0. The zero-order valence-electron chi connectivity index (χ0n) is 7.31. The molecule has 0 aromatic carbocycles. The van der Waals surface area contributed by atoms with Crippen LogP contribution in [0.15, 0.2) is 0 Å². The van der Waals surface area contributed by atoms with Gasteiger partial charge in [-0.15, -0.1) is 0 Å². The van der Waals surface area contributed by atoms with Gasteiger partial charge in [-0.1, -0.05) is 19.3 Å². The van der Waals surface area contributed by atoms with Crippen LogP contribution in [0.2, 0.25) is 0 Å². The largest absolute Gasteiger partial charge is 3.00 e. The van der Waals surface area contributed by atoms with Gasteiger partial charge in [0, 0.05) is 6.04 Å². The van der Waals surface area contributed by atoms with Crippen LogP contribution >= 0.6 is 0 Å². The van der Waals surface area contributed by atoms with Gasteiger partial charge in [0.15, 0.2) is 0 Å². The molecule has 1 fully saturated rings. The summed E-state index contributed by atoms with van der Waals surface area (Å²) in [5, 5.41) is 3.51. The van der Waals surface area contributed by atoms with Gasteiger partial charge >= 0.3 is 32.7 Å². The fraction of sp³-hybridized carbons (Fsp3) is 0.889. The number of hydrogen-bond acceptors (Lipinski definition) is 1. The van der Waals surface area contributed by atoms with Gasteiger partial charge in [0.2, 0.25) is 0 Å². The van der Waals surface area contributed by atoms with Crippen molar-refractivity contribution >= 4 is 0 Å². The Hall–Kier alpha value is 1.06. The predicted molar refractivity (Wildman–Crippen MR) is 44.8 cm³/mol. The van der Waals surface area contributed by atoms with Crippen LogP contribution in [0.1, 0.15) is 38.5 Å².